The van der Waals surface area contributed by atoms with E-state index in [0.717, 1.165) is 47.8 Å². The van der Waals surface area contributed by atoms with Crippen molar-refractivity contribution in [3.05, 3.63) is 65.7 Å². The number of benzene rings is 3. The van der Waals surface area contributed by atoms with Gasteiger partial charge in [-0.15, -0.1) is 0 Å². The molecule has 0 spiro atoms. The molecular formula is C25H30N2O4S. The van der Waals surface area contributed by atoms with Crippen LogP contribution in [0.1, 0.15) is 24.0 Å². The summed E-state index contributed by atoms with van der Waals surface area (Å²) >= 11 is 0. The van der Waals surface area contributed by atoms with Crippen LogP contribution in [0.15, 0.2) is 59.5 Å². The molecule has 32 heavy (non-hydrogen) atoms. The number of methoxy groups -OCH3 is 2. The van der Waals surface area contributed by atoms with Gasteiger partial charge in [0.25, 0.3) is 0 Å². The van der Waals surface area contributed by atoms with Gasteiger partial charge < -0.3 is 14.8 Å². The van der Waals surface area contributed by atoms with E-state index in [4.69, 9.17) is 9.47 Å². The Morgan fingerprint density at radius 3 is 2.19 bits per heavy atom. The number of sulfonamides is 1. The molecule has 0 bridgehead atoms. The second-order valence-electron chi connectivity index (χ2n) is 8.19. The molecule has 6 nitrogen and oxygen atoms in total. The maximum atomic E-state index is 14.0. The molecule has 1 N–H and O–H groups in total. The highest BCUT2D eigenvalue weighted by Crippen LogP contribution is 2.35. The zero-order chi connectivity index (χ0) is 22.7. The number of fused-ring (bicyclic) bond motifs is 1. The molecule has 1 aliphatic rings. The number of hydrogen-bond donors (Lipinski definition) is 1. The molecular weight excluding hydrogens is 424 g/mol. The first kappa shape index (κ1) is 22.6. The van der Waals surface area contributed by atoms with Crippen LogP contribution in [0.3, 0.4) is 0 Å². The summed E-state index contributed by atoms with van der Waals surface area (Å²) in [6.45, 7) is 3.73. The standard InChI is InChI=1S/C25H30N2O4S/c1-18-14-24(30-2)23(25(15-18)31-3)17-27(21-10-12-26-13-11-21)32(28,29)22-9-8-19-6-4-5-7-20(19)16-22/h4-9,14-16,21,26H,10-13,17H2,1-3H3. The first-order valence-electron chi connectivity index (χ1n) is 10.9. The predicted octanol–water partition coefficient (Wildman–Crippen LogP) is 4.11. The van der Waals surface area contributed by atoms with Gasteiger partial charge in [0.05, 0.1) is 24.7 Å². The second-order valence-corrected chi connectivity index (χ2v) is 10.1. The molecule has 0 aromatic heterocycles. The van der Waals surface area contributed by atoms with E-state index < -0.39 is 10.0 Å². The molecule has 0 saturated carbocycles. The molecule has 3 aromatic carbocycles. The van der Waals surface area contributed by atoms with Crippen molar-refractivity contribution in [1.82, 2.24) is 9.62 Å². The predicted molar refractivity (Wildman–Crippen MR) is 127 cm³/mol. The largest absolute Gasteiger partial charge is 0.496 e. The van der Waals surface area contributed by atoms with Crippen LogP contribution in [0.5, 0.6) is 11.5 Å². The van der Waals surface area contributed by atoms with Crippen molar-refractivity contribution in [2.24, 2.45) is 0 Å². The zero-order valence-electron chi connectivity index (χ0n) is 18.8. The van der Waals surface area contributed by atoms with E-state index in [2.05, 4.69) is 5.32 Å². The fourth-order valence-corrected chi connectivity index (χ4v) is 6.08. The van der Waals surface area contributed by atoms with Gasteiger partial charge in [-0.2, -0.15) is 4.31 Å². The molecule has 1 saturated heterocycles. The van der Waals surface area contributed by atoms with Crippen LogP contribution >= 0.6 is 0 Å². The first-order chi connectivity index (χ1) is 15.4. The number of rotatable bonds is 7. The third-order valence-corrected chi connectivity index (χ3v) is 8.00. The van der Waals surface area contributed by atoms with Crippen molar-refractivity contribution >= 4 is 20.8 Å². The Kier molecular flexibility index (Phi) is 6.69. The van der Waals surface area contributed by atoms with Gasteiger partial charge in [0.2, 0.25) is 10.0 Å². The Labute approximate surface area is 190 Å². The Morgan fingerprint density at radius 1 is 0.938 bits per heavy atom. The van der Waals surface area contributed by atoms with Gasteiger partial charge in [-0.1, -0.05) is 30.3 Å². The zero-order valence-corrected chi connectivity index (χ0v) is 19.6. The highest BCUT2D eigenvalue weighted by Gasteiger charge is 2.34. The molecule has 0 atom stereocenters. The van der Waals surface area contributed by atoms with Gasteiger partial charge in [-0.3, -0.25) is 0 Å². The second kappa shape index (κ2) is 9.48. The summed E-state index contributed by atoms with van der Waals surface area (Å²) in [5, 5.41) is 5.25. The minimum absolute atomic E-state index is 0.108. The maximum Gasteiger partial charge on any atom is 0.243 e. The Bertz CT molecular complexity index is 1180. The summed E-state index contributed by atoms with van der Waals surface area (Å²) in [5.41, 5.74) is 1.73. The van der Waals surface area contributed by atoms with E-state index in [1.165, 1.54) is 0 Å². The molecule has 7 heteroatoms. The molecule has 0 unspecified atom stereocenters. The lowest BCUT2D eigenvalue weighted by Gasteiger charge is -2.34. The lowest BCUT2D eigenvalue weighted by Crippen LogP contribution is -2.45. The van der Waals surface area contributed by atoms with Crippen molar-refractivity contribution in [3.63, 3.8) is 0 Å². The van der Waals surface area contributed by atoms with Crippen molar-refractivity contribution in [1.29, 1.82) is 0 Å². The Morgan fingerprint density at radius 2 is 1.56 bits per heavy atom. The molecule has 3 aromatic rings. The van der Waals surface area contributed by atoms with Crippen molar-refractivity contribution in [3.8, 4) is 11.5 Å². The Hall–Kier alpha value is -2.61. The fraction of sp³-hybridized carbons (Fsp3) is 0.360. The quantitative estimate of drug-likeness (QED) is 0.582. The van der Waals surface area contributed by atoms with E-state index in [-0.39, 0.29) is 12.6 Å². The van der Waals surface area contributed by atoms with Crippen LogP contribution in [0, 0.1) is 6.92 Å². The first-order valence-corrected chi connectivity index (χ1v) is 12.3. The summed E-state index contributed by atoms with van der Waals surface area (Å²) in [5.74, 6) is 1.27. The van der Waals surface area contributed by atoms with E-state index in [1.54, 1.807) is 30.7 Å². The molecule has 1 aliphatic heterocycles. The van der Waals surface area contributed by atoms with E-state index in [0.29, 0.717) is 16.4 Å². The van der Waals surface area contributed by atoms with Crippen LogP contribution in [-0.4, -0.2) is 46.1 Å². The summed E-state index contributed by atoms with van der Waals surface area (Å²) in [7, 11) is -0.553. The lowest BCUT2D eigenvalue weighted by molar-refractivity contribution is 0.250. The minimum Gasteiger partial charge on any atom is -0.496 e. The highest BCUT2D eigenvalue weighted by molar-refractivity contribution is 7.89. The number of nitrogens with one attached hydrogen (secondary N) is 1. The van der Waals surface area contributed by atoms with Gasteiger partial charge in [0, 0.05) is 12.6 Å². The molecule has 170 valence electrons. The fourth-order valence-electron chi connectivity index (χ4n) is 4.40. The van der Waals surface area contributed by atoms with Crippen LogP contribution in [-0.2, 0) is 16.6 Å². The van der Waals surface area contributed by atoms with Gasteiger partial charge in [-0.05, 0) is 73.5 Å². The lowest BCUT2D eigenvalue weighted by atomic mass is 10.0. The molecule has 0 radical (unpaired) electrons. The minimum atomic E-state index is -3.76. The van der Waals surface area contributed by atoms with Crippen molar-refractivity contribution < 1.29 is 17.9 Å². The summed E-state index contributed by atoms with van der Waals surface area (Å²) in [6.07, 6.45) is 1.51. The smallest absolute Gasteiger partial charge is 0.243 e. The molecule has 1 heterocycles. The number of aryl methyl sites for hydroxylation is 1. The average molecular weight is 455 g/mol. The molecule has 4 rings (SSSR count). The molecule has 0 amide bonds. The van der Waals surface area contributed by atoms with E-state index in [9.17, 15) is 8.42 Å². The monoisotopic (exact) mass is 454 g/mol. The van der Waals surface area contributed by atoms with Crippen LogP contribution in [0.25, 0.3) is 10.8 Å². The highest BCUT2D eigenvalue weighted by atomic mass is 32.2. The number of piperidine rings is 1. The number of ether oxygens (including phenoxy) is 2. The number of hydrogen-bond acceptors (Lipinski definition) is 5. The van der Waals surface area contributed by atoms with Crippen molar-refractivity contribution in [2.45, 2.75) is 37.2 Å². The van der Waals surface area contributed by atoms with Gasteiger partial charge in [0.15, 0.2) is 0 Å². The normalized spacial score (nSPS) is 15.2. The van der Waals surface area contributed by atoms with Crippen LogP contribution in [0.2, 0.25) is 0 Å². The molecule has 0 aliphatic carbocycles. The van der Waals surface area contributed by atoms with E-state index >= 15 is 0 Å². The third-order valence-electron chi connectivity index (χ3n) is 6.11. The van der Waals surface area contributed by atoms with Gasteiger partial charge in [0.1, 0.15) is 11.5 Å². The summed E-state index contributed by atoms with van der Waals surface area (Å²) < 4.78 is 40.8. The van der Waals surface area contributed by atoms with E-state index in [1.807, 2.05) is 49.4 Å². The number of nitrogens with zero attached hydrogens (tertiary/aromatic N) is 1. The summed E-state index contributed by atoms with van der Waals surface area (Å²) in [6, 6.07) is 16.9. The van der Waals surface area contributed by atoms with Crippen LogP contribution in [0.4, 0.5) is 0 Å². The Balaban J connectivity index is 1.80. The molecule has 1 fully saturated rings. The maximum absolute atomic E-state index is 14.0. The topological polar surface area (TPSA) is 67.9 Å². The van der Waals surface area contributed by atoms with Crippen molar-refractivity contribution in [2.75, 3.05) is 27.3 Å². The average Bonchev–Trinajstić information content (AvgIpc) is 2.82. The van der Waals surface area contributed by atoms with Gasteiger partial charge >= 0.3 is 0 Å². The summed E-state index contributed by atoms with van der Waals surface area (Å²) in [4.78, 5) is 0.305. The van der Waals surface area contributed by atoms with Gasteiger partial charge in [-0.25, -0.2) is 8.42 Å². The third kappa shape index (κ3) is 4.46. The SMILES string of the molecule is COc1cc(C)cc(OC)c1CN(C1CCNCC1)S(=O)(=O)c1ccc2ccccc2c1. The van der Waals surface area contributed by atoms with Crippen LogP contribution < -0.4 is 14.8 Å².